The van der Waals surface area contributed by atoms with Crippen LogP contribution in [-0.2, 0) is 17.9 Å². The molecule has 1 aromatic heterocycles. The SMILES string of the molecule is CCCn1cncc1CNc1ccc(OCC(N)=O)cc1. The van der Waals surface area contributed by atoms with Gasteiger partial charge in [-0.15, -0.1) is 0 Å². The summed E-state index contributed by atoms with van der Waals surface area (Å²) in [4.78, 5) is 14.8. The summed E-state index contributed by atoms with van der Waals surface area (Å²) in [6.45, 7) is 3.71. The molecule has 0 bridgehead atoms. The second-order valence-corrected chi connectivity index (χ2v) is 4.71. The number of aromatic nitrogens is 2. The van der Waals surface area contributed by atoms with Crippen molar-refractivity contribution in [2.45, 2.75) is 26.4 Å². The second-order valence-electron chi connectivity index (χ2n) is 4.71. The third-order valence-corrected chi connectivity index (χ3v) is 2.97. The van der Waals surface area contributed by atoms with Gasteiger partial charge in [-0.3, -0.25) is 4.79 Å². The highest BCUT2D eigenvalue weighted by atomic mass is 16.5. The summed E-state index contributed by atoms with van der Waals surface area (Å²) in [5.74, 6) is 0.136. The number of ether oxygens (including phenoxy) is 1. The maximum atomic E-state index is 10.6. The number of nitrogens with two attached hydrogens (primary N) is 1. The number of primary amides is 1. The van der Waals surface area contributed by atoms with E-state index in [2.05, 4.69) is 21.8 Å². The number of carbonyl (C=O) groups excluding carboxylic acids is 1. The van der Waals surface area contributed by atoms with Gasteiger partial charge in [0.1, 0.15) is 5.75 Å². The van der Waals surface area contributed by atoms with E-state index in [-0.39, 0.29) is 6.61 Å². The number of rotatable bonds is 8. The van der Waals surface area contributed by atoms with Crippen LogP contribution in [0.2, 0.25) is 0 Å². The van der Waals surface area contributed by atoms with Crippen LogP contribution in [-0.4, -0.2) is 22.1 Å². The molecule has 0 aliphatic rings. The van der Waals surface area contributed by atoms with Crippen LogP contribution in [0.4, 0.5) is 5.69 Å². The van der Waals surface area contributed by atoms with Gasteiger partial charge in [-0.05, 0) is 30.7 Å². The molecule has 0 radical (unpaired) electrons. The third kappa shape index (κ3) is 4.52. The lowest BCUT2D eigenvalue weighted by atomic mass is 10.3. The van der Waals surface area contributed by atoms with E-state index in [1.807, 2.05) is 24.7 Å². The van der Waals surface area contributed by atoms with Crippen molar-refractivity contribution in [3.63, 3.8) is 0 Å². The Balaban J connectivity index is 1.88. The molecule has 3 N–H and O–H groups in total. The summed E-state index contributed by atoms with van der Waals surface area (Å²) in [6, 6.07) is 7.40. The first kappa shape index (κ1) is 14.9. The lowest BCUT2D eigenvalue weighted by Gasteiger charge is -2.10. The van der Waals surface area contributed by atoms with Gasteiger partial charge in [-0.25, -0.2) is 4.98 Å². The minimum Gasteiger partial charge on any atom is -0.484 e. The lowest BCUT2D eigenvalue weighted by molar-refractivity contribution is -0.119. The number of carbonyl (C=O) groups is 1. The van der Waals surface area contributed by atoms with Crippen LogP contribution in [0.25, 0.3) is 0 Å². The lowest BCUT2D eigenvalue weighted by Crippen LogP contribution is -2.19. The van der Waals surface area contributed by atoms with Crippen molar-refractivity contribution in [2.75, 3.05) is 11.9 Å². The van der Waals surface area contributed by atoms with Gasteiger partial charge in [-0.1, -0.05) is 6.92 Å². The fourth-order valence-electron chi connectivity index (χ4n) is 1.95. The molecule has 2 rings (SSSR count). The van der Waals surface area contributed by atoms with Gasteiger partial charge in [0.05, 0.1) is 18.6 Å². The largest absolute Gasteiger partial charge is 0.484 e. The first-order valence-corrected chi connectivity index (χ1v) is 6.93. The van der Waals surface area contributed by atoms with Crippen molar-refractivity contribution >= 4 is 11.6 Å². The van der Waals surface area contributed by atoms with Crippen molar-refractivity contribution in [1.29, 1.82) is 0 Å². The Bertz CT molecular complexity index is 578. The number of nitrogens with one attached hydrogen (secondary N) is 1. The summed E-state index contributed by atoms with van der Waals surface area (Å²) >= 11 is 0. The van der Waals surface area contributed by atoms with E-state index >= 15 is 0 Å². The van der Waals surface area contributed by atoms with Crippen LogP contribution in [0.1, 0.15) is 19.0 Å². The predicted molar refractivity (Wildman–Crippen MR) is 81.0 cm³/mol. The highest BCUT2D eigenvalue weighted by molar-refractivity contribution is 5.75. The van der Waals surface area contributed by atoms with Crippen LogP contribution in [0.5, 0.6) is 5.75 Å². The zero-order valence-corrected chi connectivity index (χ0v) is 12.1. The van der Waals surface area contributed by atoms with Crippen LogP contribution in [0, 0.1) is 0 Å². The molecule has 112 valence electrons. The summed E-state index contributed by atoms with van der Waals surface area (Å²) in [5.41, 5.74) is 7.15. The van der Waals surface area contributed by atoms with Crippen molar-refractivity contribution in [2.24, 2.45) is 5.73 Å². The Labute approximate surface area is 123 Å². The standard InChI is InChI=1S/C15H20N4O2/c1-2-7-19-11-17-8-13(19)9-18-12-3-5-14(6-4-12)21-10-15(16)20/h3-6,8,11,18H,2,7,9-10H2,1H3,(H2,16,20). The first-order valence-electron chi connectivity index (χ1n) is 6.93. The number of imidazole rings is 1. The summed E-state index contributed by atoms with van der Waals surface area (Å²) < 4.78 is 7.34. The van der Waals surface area contributed by atoms with Gasteiger partial charge >= 0.3 is 0 Å². The minimum atomic E-state index is -0.485. The average molecular weight is 288 g/mol. The van der Waals surface area contributed by atoms with E-state index in [1.165, 1.54) is 0 Å². The third-order valence-electron chi connectivity index (χ3n) is 2.97. The Morgan fingerprint density at radius 1 is 1.38 bits per heavy atom. The van der Waals surface area contributed by atoms with E-state index in [0.29, 0.717) is 12.3 Å². The number of hydrogen-bond acceptors (Lipinski definition) is 4. The smallest absolute Gasteiger partial charge is 0.255 e. The number of benzene rings is 1. The molecule has 21 heavy (non-hydrogen) atoms. The van der Waals surface area contributed by atoms with Gasteiger partial charge in [-0.2, -0.15) is 0 Å². The quantitative estimate of drug-likeness (QED) is 0.775. The minimum absolute atomic E-state index is 0.108. The number of nitrogens with zero attached hydrogens (tertiary/aromatic N) is 2. The van der Waals surface area contributed by atoms with E-state index in [4.69, 9.17) is 10.5 Å². The van der Waals surface area contributed by atoms with Crippen molar-refractivity contribution in [3.05, 3.63) is 42.5 Å². The molecular formula is C15H20N4O2. The van der Waals surface area contributed by atoms with Crippen LogP contribution < -0.4 is 15.8 Å². The normalized spacial score (nSPS) is 10.3. The second kappa shape index (κ2) is 7.33. The maximum Gasteiger partial charge on any atom is 0.255 e. The zero-order valence-electron chi connectivity index (χ0n) is 12.1. The van der Waals surface area contributed by atoms with Crippen molar-refractivity contribution < 1.29 is 9.53 Å². The van der Waals surface area contributed by atoms with Crippen LogP contribution in [0.3, 0.4) is 0 Å². The molecule has 2 aromatic rings. The van der Waals surface area contributed by atoms with E-state index in [9.17, 15) is 4.79 Å². The molecule has 0 unspecified atom stereocenters. The van der Waals surface area contributed by atoms with Crippen LogP contribution >= 0.6 is 0 Å². The summed E-state index contributed by atoms with van der Waals surface area (Å²) in [6.07, 6.45) is 4.80. The fraction of sp³-hybridized carbons (Fsp3) is 0.333. The molecule has 0 saturated heterocycles. The van der Waals surface area contributed by atoms with Gasteiger partial charge < -0.3 is 20.4 Å². The molecule has 0 fully saturated rings. The van der Waals surface area contributed by atoms with Gasteiger partial charge in [0.15, 0.2) is 6.61 Å². The maximum absolute atomic E-state index is 10.6. The first-order chi connectivity index (χ1) is 10.2. The molecule has 0 saturated carbocycles. The zero-order chi connectivity index (χ0) is 15.1. The average Bonchev–Trinajstić information content (AvgIpc) is 2.92. The predicted octanol–water partition coefficient (Wildman–Crippen LogP) is 1.77. The van der Waals surface area contributed by atoms with Gasteiger partial charge in [0.25, 0.3) is 5.91 Å². The molecule has 0 atom stereocenters. The molecular weight excluding hydrogens is 268 g/mol. The highest BCUT2D eigenvalue weighted by Crippen LogP contribution is 2.16. The molecule has 6 heteroatoms. The number of hydrogen-bond donors (Lipinski definition) is 2. The molecule has 0 spiro atoms. The number of amides is 1. The van der Waals surface area contributed by atoms with E-state index < -0.39 is 5.91 Å². The monoisotopic (exact) mass is 288 g/mol. The molecule has 0 aliphatic carbocycles. The van der Waals surface area contributed by atoms with E-state index in [1.54, 1.807) is 12.1 Å². The Hall–Kier alpha value is -2.50. The highest BCUT2D eigenvalue weighted by Gasteiger charge is 2.02. The molecule has 0 aliphatic heterocycles. The fourth-order valence-corrected chi connectivity index (χ4v) is 1.95. The van der Waals surface area contributed by atoms with Crippen molar-refractivity contribution in [1.82, 2.24) is 9.55 Å². The Morgan fingerprint density at radius 3 is 2.81 bits per heavy atom. The van der Waals surface area contributed by atoms with Crippen molar-refractivity contribution in [3.8, 4) is 5.75 Å². The Kier molecular flexibility index (Phi) is 5.20. The summed E-state index contributed by atoms with van der Waals surface area (Å²) in [5, 5.41) is 3.33. The molecule has 6 nitrogen and oxygen atoms in total. The molecule has 1 heterocycles. The molecule has 1 amide bonds. The van der Waals surface area contributed by atoms with Gasteiger partial charge in [0.2, 0.25) is 0 Å². The van der Waals surface area contributed by atoms with Crippen LogP contribution in [0.15, 0.2) is 36.8 Å². The topological polar surface area (TPSA) is 82.2 Å². The Morgan fingerprint density at radius 2 is 2.14 bits per heavy atom. The number of anilines is 1. The number of aryl methyl sites for hydroxylation is 1. The summed E-state index contributed by atoms with van der Waals surface area (Å²) in [7, 11) is 0. The molecule has 1 aromatic carbocycles. The van der Waals surface area contributed by atoms with E-state index in [0.717, 1.165) is 24.3 Å². The van der Waals surface area contributed by atoms with Gasteiger partial charge in [0, 0.05) is 18.4 Å².